The van der Waals surface area contributed by atoms with Crippen molar-refractivity contribution in [1.29, 1.82) is 0 Å². The lowest BCUT2D eigenvalue weighted by atomic mass is 9.71. The molecule has 2 fully saturated rings. The number of likely N-dealkylation sites (tertiary alicyclic amines) is 1. The van der Waals surface area contributed by atoms with E-state index < -0.39 is 0 Å². The van der Waals surface area contributed by atoms with E-state index >= 15 is 0 Å². The molecule has 6 rings (SSSR count). The minimum atomic E-state index is -0.328. The molecule has 8 heteroatoms. The number of aromatic nitrogens is 1. The lowest BCUT2D eigenvalue weighted by Crippen LogP contribution is -2.38. The van der Waals surface area contributed by atoms with Crippen LogP contribution in [0.25, 0.3) is 10.9 Å². The van der Waals surface area contributed by atoms with Crippen LogP contribution in [0, 0.1) is 11.3 Å². The van der Waals surface area contributed by atoms with Crippen molar-refractivity contribution in [3.05, 3.63) is 70.9 Å². The van der Waals surface area contributed by atoms with E-state index in [-0.39, 0.29) is 29.6 Å². The van der Waals surface area contributed by atoms with Gasteiger partial charge in [0.05, 0.1) is 24.2 Å². The van der Waals surface area contributed by atoms with Gasteiger partial charge >= 0.3 is 6.09 Å². The van der Waals surface area contributed by atoms with E-state index in [9.17, 15) is 14.7 Å². The zero-order valence-corrected chi connectivity index (χ0v) is 25.6. The first-order valence-corrected chi connectivity index (χ1v) is 15.8. The molecule has 1 aliphatic carbocycles. The fourth-order valence-electron chi connectivity index (χ4n) is 6.75. The number of rotatable bonds is 7. The third-order valence-corrected chi connectivity index (χ3v) is 9.63. The molecule has 2 amide bonds. The number of aliphatic hydroxyl groups excluding tert-OH is 1. The number of benzene rings is 2. The minimum absolute atomic E-state index is 0.113. The molecular weight excluding hydrogens is 540 g/mol. The number of pyridine rings is 1. The average molecular weight is 585 g/mol. The molecule has 3 aliphatic rings. The first kappa shape index (κ1) is 29.6. The van der Waals surface area contributed by atoms with Crippen LogP contribution in [-0.2, 0) is 17.6 Å². The van der Waals surface area contributed by atoms with Crippen LogP contribution < -0.4 is 10.2 Å². The molecule has 2 aliphatic heterocycles. The number of carbonyl (C=O) groups is 2. The largest absolute Gasteiger partial charge is 0.447 e. The van der Waals surface area contributed by atoms with Gasteiger partial charge in [0.2, 0.25) is 0 Å². The summed E-state index contributed by atoms with van der Waals surface area (Å²) in [5.41, 5.74) is 6.10. The topological polar surface area (TPSA) is 95.0 Å². The quantitative estimate of drug-likeness (QED) is 0.372. The highest BCUT2D eigenvalue weighted by atomic mass is 16.6. The van der Waals surface area contributed by atoms with Gasteiger partial charge in [-0.05, 0) is 97.4 Å². The molecule has 2 saturated heterocycles. The van der Waals surface area contributed by atoms with Gasteiger partial charge in [-0.15, -0.1) is 0 Å². The smallest absolute Gasteiger partial charge is 0.414 e. The molecule has 8 nitrogen and oxygen atoms in total. The van der Waals surface area contributed by atoms with Crippen molar-refractivity contribution >= 4 is 28.6 Å². The summed E-state index contributed by atoms with van der Waals surface area (Å²) in [6.07, 6.45) is 4.95. The third-order valence-electron chi connectivity index (χ3n) is 9.63. The normalized spacial score (nSPS) is 20.6. The van der Waals surface area contributed by atoms with Crippen LogP contribution in [0.1, 0.15) is 79.7 Å². The summed E-state index contributed by atoms with van der Waals surface area (Å²) >= 11 is 0. The summed E-state index contributed by atoms with van der Waals surface area (Å²) < 4.78 is 5.10. The Morgan fingerprint density at radius 3 is 2.53 bits per heavy atom. The van der Waals surface area contributed by atoms with Gasteiger partial charge in [0.15, 0.2) is 0 Å². The van der Waals surface area contributed by atoms with E-state index in [0.29, 0.717) is 24.6 Å². The van der Waals surface area contributed by atoms with Gasteiger partial charge in [0.25, 0.3) is 5.91 Å². The number of aryl methyl sites for hydroxylation is 1. The third kappa shape index (κ3) is 6.70. The second kappa shape index (κ2) is 12.2. The molecule has 0 radical (unpaired) electrons. The van der Waals surface area contributed by atoms with Gasteiger partial charge in [-0.2, -0.15) is 0 Å². The first-order chi connectivity index (χ1) is 20.6. The Balaban J connectivity index is 1.21. The van der Waals surface area contributed by atoms with Crippen LogP contribution in [0.4, 0.5) is 10.5 Å². The number of fused-ring (bicyclic) bond motifs is 2. The molecule has 0 saturated carbocycles. The van der Waals surface area contributed by atoms with Crippen molar-refractivity contribution in [3.63, 3.8) is 0 Å². The zero-order valence-electron chi connectivity index (χ0n) is 25.6. The molecule has 2 aromatic carbocycles. The average Bonchev–Trinajstić information content (AvgIpc) is 3.43. The Hall–Kier alpha value is -3.49. The number of aliphatic hydroxyl groups is 1. The molecule has 2 atom stereocenters. The molecule has 228 valence electrons. The summed E-state index contributed by atoms with van der Waals surface area (Å²) in [6, 6.07) is 15.7. The van der Waals surface area contributed by atoms with Gasteiger partial charge in [0, 0.05) is 42.0 Å². The van der Waals surface area contributed by atoms with Crippen molar-refractivity contribution in [3.8, 4) is 0 Å². The molecule has 3 heterocycles. The lowest BCUT2D eigenvalue weighted by molar-refractivity contribution is 0.0795. The Labute approximate surface area is 254 Å². The van der Waals surface area contributed by atoms with E-state index in [1.165, 1.54) is 11.3 Å². The standard InChI is InChI=1S/C35H44N4O4/c1-35(2,3)27-7-11-31-26(22-27)21-25-20-24(6-10-30(25)36-31)33(41)37-32(14-17-38-15-12-29(40)13-16-38)23-4-8-28(9-5-23)39-18-19-43-34(39)42/h4-6,8-10,20-21,27,29,32,40H,7,11-19,22H2,1-3H3,(H,37,41)/t27-,32+/m0/s1. The molecule has 0 unspecified atom stereocenters. The fourth-order valence-corrected chi connectivity index (χ4v) is 6.75. The van der Waals surface area contributed by atoms with Crippen LogP contribution in [0.5, 0.6) is 0 Å². The molecule has 0 bridgehead atoms. The molecule has 43 heavy (non-hydrogen) atoms. The fraction of sp³-hybridized carbons (Fsp3) is 0.514. The molecule has 3 aromatic rings. The maximum absolute atomic E-state index is 13.7. The summed E-state index contributed by atoms with van der Waals surface area (Å²) in [6.45, 7) is 10.4. The summed E-state index contributed by atoms with van der Waals surface area (Å²) in [4.78, 5) is 34.7. The van der Waals surface area contributed by atoms with Crippen molar-refractivity contribution in [2.75, 3.05) is 37.7 Å². The van der Waals surface area contributed by atoms with Crippen molar-refractivity contribution < 1.29 is 19.4 Å². The van der Waals surface area contributed by atoms with Crippen LogP contribution >= 0.6 is 0 Å². The van der Waals surface area contributed by atoms with E-state index in [4.69, 9.17) is 9.72 Å². The van der Waals surface area contributed by atoms with Gasteiger partial charge in [0.1, 0.15) is 6.61 Å². The highest BCUT2D eigenvalue weighted by molar-refractivity contribution is 5.98. The van der Waals surface area contributed by atoms with Crippen LogP contribution in [0.15, 0.2) is 48.5 Å². The number of ether oxygens (including phenoxy) is 1. The number of nitrogens with zero attached hydrogens (tertiary/aromatic N) is 3. The lowest BCUT2D eigenvalue weighted by Gasteiger charge is -2.34. The second-order valence-electron chi connectivity index (χ2n) is 13.6. The molecular formula is C35H44N4O4. The summed E-state index contributed by atoms with van der Waals surface area (Å²) in [5.74, 6) is 0.510. The van der Waals surface area contributed by atoms with E-state index in [2.05, 4.69) is 37.1 Å². The van der Waals surface area contributed by atoms with Gasteiger partial charge < -0.3 is 20.1 Å². The van der Waals surface area contributed by atoms with E-state index in [1.54, 1.807) is 4.90 Å². The van der Waals surface area contributed by atoms with Gasteiger partial charge in [-0.3, -0.25) is 14.7 Å². The van der Waals surface area contributed by atoms with Crippen LogP contribution in [0.2, 0.25) is 0 Å². The Morgan fingerprint density at radius 1 is 1.07 bits per heavy atom. The second-order valence-corrected chi connectivity index (χ2v) is 13.6. The predicted molar refractivity (Wildman–Crippen MR) is 168 cm³/mol. The van der Waals surface area contributed by atoms with Crippen molar-refractivity contribution in [2.24, 2.45) is 11.3 Å². The summed E-state index contributed by atoms with van der Waals surface area (Å²) in [5, 5.41) is 14.2. The van der Waals surface area contributed by atoms with Gasteiger partial charge in [-0.25, -0.2) is 4.79 Å². The summed E-state index contributed by atoms with van der Waals surface area (Å²) in [7, 11) is 0. The number of hydrogen-bond acceptors (Lipinski definition) is 6. The monoisotopic (exact) mass is 584 g/mol. The maximum Gasteiger partial charge on any atom is 0.414 e. The van der Waals surface area contributed by atoms with Crippen LogP contribution in [-0.4, -0.2) is 65.9 Å². The van der Waals surface area contributed by atoms with Crippen molar-refractivity contribution in [1.82, 2.24) is 15.2 Å². The number of hydrogen-bond donors (Lipinski definition) is 2. The van der Waals surface area contributed by atoms with Gasteiger partial charge in [-0.1, -0.05) is 32.9 Å². The van der Waals surface area contributed by atoms with E-state index in [0.717, 1.165) is 80.3 Å². The number of nitrogens with one attached hydrogen (secondary N) is 1. The van der Waals surface area contributed by atoms with Crippen molar-refractivity contribution in [2.45, 2.75) is 71.4 Å². The Morgan fingerprint density at radius 2 is 1.84 bits per heavy atom. The molecule has 2 N–H and O–H groups in total. The van der Waals surface area contributed by atoms with E-state index in [1.807, 2.05) is 42.5 Å². The molecule has 0 spiro atoms. The number of piperidine rings is 1. The number of amides is 2. The first-order valence-electron chi connectivity index (χ1n) is 15.8. The number of anilines is 1. The Bertz CT molecular complexity index is 1470. The van der Waals surface area contributed by atoms with Crippen LogP contribution in [0.3, 0.4) is 0 Å². The molecule has 1 aromatic heterocycles. The number of cyclic esters (lactones) is 1. The highest BCUT2D eigenvalue weighted by Gasteiger charge is 2.30. The maximum atomic E-state index is 13.7. The minimum Gasteiger partial charge on any atom is -0.447 e. The predicted octanol–water partition coefficient (Wildman–Crippen LogP) is 5.66. The SMILES string of the molecule is CC(C)(C)[C@H]1CCc2nc3ccc(C(=O)N[C@H](CCN4CCC(O)CC4)c4ccc(N5CCOC5=O)cc4)cc3cc2C1. The Kier molecular flexibility index (Phi) is 8.42. The number of carbonyl (C=O) groups excluding carboxylic acids is 2. The zero-order chi connectivity index (χ0) is 30.1. The highest BCUT2D eigenvalue weighted by Crippen LogP contribution is 2.37.